The Hall–Kier alpha value is -2.62. The molecule has 0 radical (unpaired) electrons. The van der Waals surface area contributed by atoms with Gasteiger partial charge in [0.1, 0.15) is 11.5 Å². The zero-order valence-electron chi connectivity index (χ0n) is 24.9. The molecule has 2 aromatic rings. The van der Waals surface area contributed by atoms with E-state index in [2.05, 4.69) is 107 Å². The number of esters is 2. The minimum absolute atomic E-state index is 0.153. The maximum Gasteiger partial charge on any atom is 0.308 e. The van der Waals surface area contributed by atoms with E-state index in [1.807, 2.05) is 0 Å². The van der Waals surface area contributed by atoms with Crippen molar-refractivity contribution >= 4 is 11.9 Å². The summed E-state index contributed by atoms with van der Waals surface area (Å²) < 4.78 is 11.9. The van der Waals surface area contributed by atoms with Crippen LogP contribution in [-0.2, 0) is 31.2 Å². The second kappa shape index (κ2) is 9.68. The molecule has 0 fully saturated rings. The minimum atomic E-state index is -0.387. The Morgan fingerprint density at radius 1 is 0.500 bits per heavy atom. The van der Waals surface area contributed by atoms with Gasteiger partial charge in [-0.2, -0.15) is 0 Å². The lowest BCUT2D eigenvalue weighted by atomic mass is 9.75. The normalized spacial score (nSPS) is 12.9. The van der Waals surface area contributed by atoms with Gasteiger partial charge in [0.15, 0.2) is 0 Å². The van der Waals surface area contributed by atoms with E-state index in [-0.39, 0.29) is 33.6 Å². The summed E-state index contributed by atoms with van der Waals surface area (Å²) in [6, 6.07) is 8.47. The van der Waals surface area contributed by atoms with E-state index >= 15 is 0 Å². The van der Waals surface area contributed by atoms with Gasteiger partial charge in [-0.3, -0.25) is 9.59 Å². The van der Waals surface area contributed by atoms with Crippen molar-refractivity contribution in [3.05, 3.63) is 46.5 Å². The Labute approximate surface area is 218 Å². The van der Waals surface area contributed by atoms with Crippen LogP contribution >= 0.6 is 0 Å². The van der Waals surface area contributed by atoms with Crippen molar-refractivity contribution in [1.82, 2.24) is 0 Å². The van der Waals surface area contributed by atoms with Crippen molar-refractivity contribution in [2.75, 3.05) is 0 Å². The summed E-state index contributed by atoms with van der Waals surface area (Å²) in [7, 11) is 0. The molecule has 198 valence electrons. The van der Waals surface area contributed by atoms with Gasteiger partial charge in [-0.1, -0.05) is 95.2 Å². The third-order valence-electron chi connectivity index (χ3n) is 6.31. The van der Waals surface area contributed by atoms with Crippen molar-refractivity contribution in [3.8, 4) is 22.6 Å². The van der Waals surface area contributed by atoms with E-state index in [9.17, 15) is 9.59 Å². The van der Waals surface area contributed by atoms with E-state index < -0.39 is 0 Å². The fourth-order valence-electron chi connectivity index (χ4n) is 4.15. The molecule has 0 atom stereocenters. The molecule has 4 nitrogen and oxygen atoms in total. The van der Waals surface area contributed by atoms with Gasteiger partial charge in [0.2, 0.25) is 0 Å². The van der Waals surface area contributed by atoms with Gasteiger partial charge >= 0.3 is 11.9 Å². The summed E-state index contributed by atoms with van der Waals surface area (Å²) in [5, 5.41) is 0. The first-order valence-corrected chi connectivity index (χ1v) is 12.8. The molecule has 0 bridgehead atoms. The van der Waals surface area contributed by atoms with Gasteiger partial charge in [0.25, 0.3) is 0 Å². The smallest absolute Gasteiger partial charge is 0.308 e. The summed E-state index contributed by atoms with van der Waals surface area (Å²) in [6.07, 6.45) is 0. The first-order valence-electron chi connectivity index (χ1n) is 12.8. The van der Waals surface area contributed by atoms with Crippen molar-refractivity contribution in [2.45, 2.75) is 119 Å². The van der Waals surface area contributed by atoms with Crippen molar-refractivity contribution in [2.24, 2.45) is 0 Å². The fourth-order valence-corrected chi connectivity index (χ4v) is 4.15. The van der Waals surface area contributed by atoms with Crippen LogP contribution < -0.4 is 9.47 Å². The van der Waals surface area contributed by atoms with Crippen molar-refractivity contribution in [1.29, 1.82) is 0 Å². The Morgan fingerprint density at radius 2 is 0.778 bits per heavy atom. The largest absolute Gasteiger partial charge is 0.426 e. The second-order valence-electron chi connectivity index (χ2n) is 14.0. The highest BCUT2D eigenvalue weighted by Gasteiger charge is 2.32. The van der Waals surface area contributed by atoms with E-state index in [4.69, 9.17) is 9.47 Å². The molecule has 0 aliphatic rings. The van der Waals surface area contributed by atoms with Crippen LogP contribution in [-0.4, -0.2) is 11.9 Å². The van der Waals surface area contributed by atoms with E-state index in [1.54, 1.807) is 0 Å². The van der Waals surface area contributed by atoms with Crippen LogP contribution in [0.2, 0.25) is 0 Å². The zero-order valence-corrected chi connectivity index (χ0v) is 24.9. The molecule has 0 saturated carbocycles. The summed E-state index contributed by atoms with van der Waals surface area (Å²) in [6.45, 7) is 28.6. The van der Waals surface area contributed by atoms with Gasteiger partial charge in [0, 0.05) is 36.1 Å². The Kier molecular flexibility index (Phi) is 7.97. The van der Waals surface area contributed by atoms with E-state index in [0.717, 1.165) is 33.4 Å². The number of carbonyl (C=O) groups is 2. The fraction of sp³-hybridized carbons (Fsp3) is 0.562. The predicted molar refractivity (Wildman–Crippen MR) is 149 cm³/mol. The molecule has 36 heavy (non-hydrogen) atoms. The molecule has 0 aromatic heterocycles. The summed E-state index contributed by atoms with van der Waals surface area (Å²) in [5.74, 6) is 0.259. The molecule has 0 aliphatic carbocycles. The van der Waals surface area contributed by atoms with Gasteiger partial charge in [-0.15, -0.1) is 0 Å². The molecule has 0 spiro atoms. The van der Waals surface area contributed by atoms with E-state index in [1.165, 1.54) is 13.8 Å². The van der Waals surface area contributed by atoms with Crippen LogP contribution in [0.3, 0.4) is 0 Å². The molecule has 0 amide bonds. The molecule has 2 rings (SSSR count). The highest BCUT2D eigenvalue weighted by atomic mass is 16.5. The molecule has 2 aromatic carbocycles. The highest BCUT2D eigenvalue weighted by Crippen LogP contribution is 2.49. The van der Waals surface area contributed by atoms with Crippen LogP contribution in [0.25, 0.3) is 11.1 Å². The van der Waals surface area contributed by atoms with E-state index in [0.29, 0.717) is 11.5 Å². The molecular weight excluding hydrogens is 448 g/mol. The number of hydrogen-bond acceptors (Lipinski definition) is 4. The van der Waals surface area contributed by atoms with Gasteiger partial charge in [0.05, 0.1) is 0 Å². The monoisotopic (exact) mass is 494 g/mol. The number of hydrogen-bond donors (Lipinski definition) is 0. The quantitative estimate of drug-likeness (QED) is 0.317. The van der Waals surface area contributed by atoms with Gasteiger partial charge < -0.3 is 9.47 Å². The first kappa shape index (κ1) is 29.6. The van der Waals surface area contributed by atoms with Crippen LogP contribution in [0.1, 0.15) is 119 Å². The van der Waals surface area contributed by atoms with Crippen LogP contribution in [0, 0.1) is 0 Å². The standard InChI is InChI=1S/C32H46O4/c1-19(33)35-27-23(15-21(29(3,4)5)17-25(27)31(9,10)11)24-16-22(30(6,7)8)18-26(32(12,13)14)28(24)36-20(2)34/h15-18H,1-14H3. The van der Waals surface area contributed by atoms with Gasteiger partial charge in [-0.05, 0) is 44.9 Å². The third kappa shape index (κ3) is 6.78. The van der Waals surface area contributed by atoms with Crippen molar-refractivity contribution in [3.63, 3.8) is 0 Å². The lowest BCUT2D eigenvalue weighted by molar-refractivity contribution is -0.133. The molecule has 0 aliphatic heterocycles. The summed E-state index contributed by atoms with van der Waals surface area (Å²) in [5.41, 5.74) is 4.73. The molecule has 0 saturated heterocycles. The average Bonchev–Trinajstić information content (AvgIpc) is 2.63. The third-order valence-corrected chi connectivity index (χ3v) is 6.31. The lowest BCUT2D eigenvalue weighted by Gasteiger charge is -2.32. The SMILES string of the molecule is CC(=O)Oc1c(-c2cc(C(C)(C)C)cc(C(C)(C)C)c2OC(C)=O)cc(C(C)(C)C)cc1C(C)(C)C. The van der Waals surface area contributed by atoms with Crippen LogP contribution in [0.5, 0.6) is 11.5 Å². The Morgan fingerprint density at radius 3 is 0.972 bits per heavy atom. The summed E-state index contributed by atoms with van der Waals surface area (Å²) >= 11 is 0. The van der Waals surface area contributed by atoms with Crippen LogP contribution in [0.4, 0.5) is 0 Å². The molecule has 0 N–H and O–H groups in total. The number of rotatable bonds is 3. The van der Waals surface area contributed by atoms with Crippen LogP contribution in [0.15, 0.2) is 24.3 Å². The van der Waals surface area contributed by atoms with Gasteiger partial charge in [-0.25, -0.2) is 0 Å². The van der Waals surface area contributed by atoms with Crippen molar-refractivity contribution < 1.29 is 19.1 Å². The minimum Gasteiger partial charge on any atom is -0.426 e. The Bertz CT molecular complexity index is 1060. The molecule has 4 heteroatoms. The molecule has 0 heterocycles. The predicted octanol–water partition coefficient (Wildman–Crippen LogP) is 8.39. The topological polar surface area (TPSA) is 52.6 Å². The number of carbonyl (C=O) groups excluding carboxylic acids is 2. The lowest BCUT2D eigenvalue weighted by Crippen LogP contribution is -2.21. The maximum atomic E-state index is 12.4. The molecular formula is C32H46O4. The highest BCUT2D eigenvalue weighted by molar-refractivity contribution is 5.86. The second-order valence-corrected chi connectivity index (χ2v) is 14.0. The summed E-state index contributed by atoms with van der Waals surface area (Å²) in [4.78, 5) is 24.7. The number of ether oxygens (including phenoxy) is 2. The Balaban J connectivity index is 3.26. The maximum absolute atomic E-state index is 12.4. The number of benzene rings is 2. The zero-order chi connectivity index (χ0) is 28.0. The average molecular weight is 495 g/mol. The first-order chi connectivity index (χ1) is 16.0. The molecule has 0 unspecified atom stereocenters.